The summed E-state index contributed by atoms with van der Waals surface area (Å²) in [7, 11) is 1.24. The first-order valence-corrected chi connectivity index (χ1v) is 3.92. The number of aliphatic hydroxyl groups is 4. The van der Waals surface area contributed by atoms with Crippen molar-refractivity contribution in [1.82, 2.24) is 0 Å². The van der Waals surface area contributed by atoms with E-state index < -0.39 is 37.3 Å². The Morgan fingerprint density at radius 1 is 1.38 bits per heavy atom. The first-order valence-electron chi connectivity index (χ1n) is 3.92. The lowest BCUT2D eigenvalue weighted by Crippen LogP contribution is -2.47. The fourth-order valence-electron chi connectivity index (χ4n) is 1.37. The summed E-state index contributed by atoms with van der Waals surface area (Å²) in [4.78, 5) is 0. The maximum absolute atomic E-state index is 9.44. The van der Waals surface area contributed by atoms with Crippen molar-refractivity contribution in [3.63, 3.8) is 0 Å². The Bertz CT molecular complexity index is 168. The van der Waals surface area contributed by atoms with Crippen LogP contribution in [0.4, 0.5) is 0 Å². The fraction of sp³-hybridized carbons (Fsp3) is 1.00. The van der Waals surface area contributed by atoms with Crippen molar-refractivity contribution < 1.29 is 29.9 Å². The molecule has 13 heavy (non-hydrogen) atoms. The SMILES string of the molecule is COC1(CO)O[C@@H](CO)[C@@H](O)[C@@H]1O. The number of methoxy groups -OCH3 is 1. The predicted molar refractivity (Wildman–Crippen MR) is 40.8 cm³/mol. The van der Waals surface area contributed by atoms with Crippen LogP contribution < -0.4 is 0 Å². The fourth-order valence-corrected chi connectivity index (χ4v) is 1.37. The van der Waals surface area contributed by atoms with Gasteiger partial charge in [-0.05, 0) is 0 Å². The molecule has 6 nitrogen and oxygen atoms in total. The molecule has 0 amide bonds. The summed E-state index contributed by atoms with van der Waals surface area (Å²) in [5, 5.41) is 36.4. The van der Waals surface area contributed by atoms with Gasteiger partial charge in [-0.2, -0.15) is 0 Å². The molecule has 0 aromatic heterocycles. The molecule has 0 radical (unpaired) electrons. The molecule has 1 aliphatic heterocycles. The van der Waals surface area contributed by atoms with Crippen molar-refractivity contribution >= 4 is 0 Å². The molecule has 1 unspecified atom stereocenters. The monoisotopic (exact) mass is 194 g/mol. The summed E-state index contributed by atoms with van der Waals surface area (Å²) in [5.74, 6) is -1.62. The van der Waals surface area contributed by atoms with E-state index in [0.29, 0.717) is 0 Å². The molecule has 0 aliphatic carbocycles. The highest BCUT2D eigenvalue weighted by Crippen LogP contribution is 2.31. The molecule has 0 spiro atoms. The van der Waals surface area contributed by atoms with Crippen LogP contribution in [0, 0.1) is 0 Å². The molecule has 6 heteroatoms. The molecule has 1 fully saturated rings. The predicted octanol–water partition coefficient (Wildman–Crippen LogP) is -2.57. The second-order valence-electron chi connectivity index (χ2n) is 2.95. The Morgan fingerprint density at radius 2 is 2.00 bits per heavy atom. The highest BCUT2D eigenvalue weighted by Gasteiger charge is 2.54. The van der Waals surface area contributed by atoms with Crippen molar-refractivity contribution in [3.05, 3.63) is 0 Å². The molecule has 0 aromatic rings. The van der Waals surface area contributed by atoms with Crippen molar-refractivity contribution in [3.8, 4) is 0 Å². The third-order valence-electron chi connectivity index (χ3n) is 2.25. The minimum Gasteiger partial charge on any atom is -0.394 e. The number of hydrogen-bond donors (Lipinski definition) is 4. The Kier molecular flexibility index (Phi) is 3.23. The lowest BCUT2D eigenvalue weighted by Gasteiger charge is -2.27. The number of hydrogen-bond acceptors (Lipinski definition) is 6. The lowest BCUT2D eigenvalue weighted by atomic mass is 10.1. The van der Waals surface area contributed by atoms with Gasteiger partial charge in [0.25, 0.3) is 0 Å². The van der Waals surface area contributed by atoms with Crippen LogP contribution in [0.25, 0.3) is 0 Å². The second kappa shape index (κ2) is 3.87. The van der Waals surface area contributed by atoms with Gasteiger partial charge in [-0.3, -0.25) is 0 Å². The van der Waals surface area contributed by atoms with Crippen molar-refractivity contribution in [2.45, 2.75) is 24.1 Å². The third-order valence-corrected chi connectivity index (χ3v) is 2.25. The van der Waals surface area contributed by atoms with Crippen LogP contribution in [-0.4, -0.2) is 64.8 Å². The second-order valence-corrected chi connectivity index (χ2v) is 2.95. The van der Waals surface area contributed by atoms with Crippen LogP contribution in [0.1, 0.15) is 0 Å². The third kappa shape index (κ3) is 1.56. The number of ether oxygens (including phenoxy) is 2. The smallest absolute Gasteiger partial charge is 0.221 e. The van der Waals surface area contributed by atoms with E-state index in [4.69, 9.17) is 19.7 Å². The molecule has 1 saturated heterocycles. The van der Waals surface area contributed by atoms with E-state index in [0.717, 1.165) is 0 Å². The first-order chi connectivity index (χ1) is 6.11. The zero-order valence-electron chi connectivity index (χ0n) is 7.25. The van der Waals surface area contributed by atoms with Gasteiger partial charge in [0.2, 0.25) is 5.79 Å². The molecule has 0 saturated carbocycles. The average Bonchev–Trinajstić information content (AvgIpc) is 2.42. The maximum atomic E-state index is 9.44. The Labute approximate surface area is 75.3 Å². The molecule has 4 N–H and O–H groups in total. The van der Waals surface area contributed by atoms with E-state index >= 15 is 0 Å². The number of rotatable bonds is 3. The van der Waals surface area contributed by atoms with Gasteiger partial charge in [-0.1, -0.05) is 0 Å². The van der Waals surface area contributed by atoms with E-state index in [1.807, 2.05) is 0 Å². The van der Waals surface area contributed by atoms with Gasteiger partial charge in [0.1, 0.15) is 24.9 Å². The van der Waals surface area contributed by atoms with Gasteiger partial charge >= 0.3 is 0 Å². The highest BCUT2D eigenvalue weighted by molar-refractivity contribution is 4.95. The average molecular weight is 194 g/mol. The molecule has 0 aromatic carbocycles. The Balaban J connectivity index is 2.79. The topological polar surface area (TPSA) is 99.4 Å². The highest BCUT2D eigenvalue weighted by atomic mass is 16.7. The summed E-state index contributed by atoms with van der Waals surface area (Å²) < 4.78 is 9.77. The molecular formula is C7H14O6. The zero-order chi connectivity index (χ0) is 10.1. The zero-order valence-corrected chi connectivity index (χ0v) is 7.25. The van der Waals surface area contributed by atoms with E-state index in [2.05, 4.69) is 0 Å². The molecule has 78 valence electrons. The van der Waals surface area contributed by atoms with E-state index in [9.17, 15) is 10.2 Å². The molecular weight excluding hydrogens is 180 g/mol. The standard InChI is InChI=1S/C7H14O6/c1-12-7(3-9)6(11)5(10)4(2-8)13-7/h4-6,8-11H,2-3H2,1H3/t4-,5+,6-,7?/m0/s1. The van der Waals surface area contributed by atoms with E-state index in [-0.39, 0.29) is 0 Å². The summed E-state index contributed by atoms with van der Waals surface area (Å²) in [5.41, 5.74) is 0. The summed E-state index contributed by atoms with van der Waals surface area (Å²) in [6, 6.07) is 0. The quantitative estimate of drug-likeness (QED) is 0.394. The van der Waals surface area contributed by atoms with Crippen molar-refractivity contribution in [2.24, 2.45) is 0 Å². The lowest BCUT2D eigenvalue weighted by molar-refractivity contribution is -0.263. The maximum Gasteiger partial charge on any atom is 0.221 e. The van der Waals surface area contributed by atoms with Crippen LogP contribution >= 0.6 is 0 Å². The Hall–Kier alpha value is -0.240. The summed E-state index contributed by atoms with van der Waals surface area (Å²) in [6.07, 6.45) is -3.54. The van der Waals surface area contributed by atoms with E-state index in [1.165, 1.54) is 7.11 Å². The van der Waals surface area contributed by atoms with Crippen LogP contribution in [0.5, 0.6) is 0 Å². The Morgan fingerprint density at radius 3 is 2.23 bits per heavy atom. The minimum absolute atomic E-state index is 0.441. The summed E-state index contributed by atoms with van der Waals surface area (Å²) >= 11 is 0. The molecule has 0 bridgehead atoms. The largest absolute Gasteiger partial charge is 0.394 e. The molecule has 4 atom stereocenters. The summed E-state index contributed by atoms with van der Waals surface area (Å²) in [6.45, 7) is -1.03. The van der Waals surface area contributed by atoms with Gasteiger partial charge < -0.3 is 29.9 Å². The normalized spacial score (nSPS) is 45.5. The van der Waals surface area contributed by atoms with Crippen LogP contribution in [-0.2, 0) is 9.47 Å². The first kappa shape index (κ1) is 10.8. The van der Waals surface area contributed by atoms with Gasteiger partial charge in [0, 0.05) is 7.11 Å². The van der Waals surface area contributed by atoms with Crippen molar-refractivity contribution in [1.29, 1.82) is 0 Å². The van der Waals surface area contributed by atoms with Gasteiger partial charge in [-0.15, -0.1) is 0 Å². The van der Waals surface area contributed by atoms with Crippen LogP contribution in [0.15, 0.2) is 0 Å². The van der Waals surface area contributed by atoms with Gasteiger partial charge in [0.05, 0.1) is 6.61 Å². The minimum atomic E-state index is -1.62. The van der Waals surface area contributed by atoms with Crippen molar-refractivity contribution in [2.75, 3.05) is 20.3 Å². The molecule has 1 rings (SSSR count). The van der Waals surface area contributed by atoms with E-state index in [1.54, 1.807) is 0 Å². The van der Waals surface area contributed by atoms with Crippen LogP contribution in [0.2, 0.25) is 0 Å². The van der Waals surface area contributed by atoms with Gasteiger partial charge in [-0.25, -0.2) is 0 Å². The molecule has 1 aliphatic rings. The van der Waals surface area contributed by atoms with Crippen LogP contribution in [0.3, 0.4) is 0 Å². The number of aliphatic hydroxyl groups excluding tert-OH is 4. The van der Waals surface area contributed by atoms with Gasteiger partial charge in [0.15, 0.2) is 0 Å². The molecule has 1 heterocycles.